The van der Waals surface area contributed by atoms with Gasteiger partial charge in [0.2, 0.25) is 15.6 Å². The average Bonchev–Trinajstić information content (AvgIpc) is 2.76. The maximum absolute atomic E-state index is 13.2. The minimum atomic E-state index is -4.19. The lowest BCUT2D eigenvalue weighted by Crippen LogP contribution is -2.23. The molecule has 0 N–H and O–H groups in total. The van der Waals surface area contributed by atoms with Crippen LogP contribution in [0, 0.1) is 6.92 Å². The highest BCUT2D eigenvalue weighted by Gasteiger charge is 2.34. The Morgan fingerprint density at radius 2 is 1.26 bits per heavy atom. The van der Waals surface area contributed by atoms with Crippen LogP contribution in [-0.2, 0) is 19.9 Å². The third-order valence-electron chi connectivity index (χ3n) is 4.82. The minimum absolute atomic E-state index is 0.0341. The maximum Gasteiger partial charge on any atom is 0.282 e. The number of Topliss-reactive ketones (excluding diaryl/α,β-unsaturated/α-hetero) is 1. The zero-order chi connectivity index (χ0) is 22.2. The van der Waals surface area contributed by atoms with Crippen LogP contribution in [-0.4, -0.2) is 28.3 Å². The van der Waals surface area contributed by atoms with Crippen LogP contribution in [0.15, 0.2) is 104 Å². The lowest BCUT2D eigenvalue weighted by atomic mass is 9.94. The Kier molecular flexibility index (Phi) is 5.20. The summed E-state index contributed by atoms with van der Waals surface area (Å²) in [5.41, 5.74) is 1.10. The molecule has 6 nitrogen and oxygen atoms in total. The molecule has 0 saturated heterocycles. The summed E-state index contributed by atoms with van der Waals surface area (Å²) in [7, 11) is -8.31. The summed E-state index contributed by atoms with van der Waals surface area (Å²) < 4.78 is 55.9. The first-order chi connectivity index (χ1) is 14.7. The number of benzene rings is 3. The van der Waals surface area contributed by atoms with Crippen molar-refractivity contribution in [2.45, 2.75) is 16.7 Å². The first kappa shape index (κ1) is 20.9. The van der Waals surface area contributed by atoms with E-state index < -0.39 is 30.5 Å². The van der Waals surface area contributed by atoms with Crippen molar-refractivity contribution in [3.05, 3.63) is 107 Å². The number of sulfone groups is 1. The van der Waals surface area contributed by atoms with Gasteiger partial charge in [0, 0.05) is 11.1 Å². The third kappa shape index (κ3) is 3.87. The number of ketones is 1. The molecule has 0 radical (unpaired) electrons. The lowest BCUT2D eigenvalue weighted by molar-refractivity contribution is 0.104. The largest absolute Gasteiger partial charge is 0.288 e. The Morgan fingerprint density at radius 3 is 1.90 bits per heavy atom. The second-order valence-corrected chi connectivity index (χ2v) is 10.5. The standard InChI is InChI=1S/C23H17NO5S2/c1-16-11-13-17(14-12-16)30(26,27)22-15-21(19-9-5-6-10-20(19)23(22)25)24-31(28,29)18-7-3-2-4-8-18/h2-15H,1H3. The molecule has 31 heavy (non-hydrogen) atoms. The quantitative estimate of drug-likeness (QED) is 0.602. The third-order valence-corrected chi connectivity index (χ3v) is 7.90. The summed E-state index contributed by atoms with van der Waals surface area (Å²) in [5.74, 6) is -0.702. The number of nitrogens with zero attached hydrogens (tertiary/aromatic N) is 1. The molecule has 8 heteroatoms. The van der Waals surface area contributed by atoms with Crippen molar-refractivity contribution >= 4 is 31.4 Å². The summed E-state index contributed by atoms with van der Waals surface area (Å²) in [6.07, 6.45) is 1.04. The van der Waals surface area contributed by atoms with Crippen LogP contribution >= 0.6 is 0 Å². The van der Waals surface area contributed by atoms with E-state index in [1.165, 1.54) is 30.3 Å². The number of sulfonamides is 1. The molecule has 0 bridgehead atoms. The number of hydrogen-bond donors (Lipinski definition) is 0. The molecule has 0 heterocycles. The molecule has 0 amide bonds. The highest BCUT2D eigenvalue weighted by molar-refractivity contribution is 7.96. The molecule has 3 aromatic carbocycles. The molecule has 1 aliphatic carbocycles. The van der Waals surface area contributed by atoms with Crippen molar-refractivity contribution in [2.24, 2.45) is 4.40 Å². The van der Waals surface area contributed by atoms with Gasteiger partial charge in [0.1, 0.15) is 4.91 Å². The molecule has 0 aromatic heterocycles. The summed E-state index contributed by atoms with van der Waals surface area (Å²) >= 11 is 0. The number of hydrogen-bond acceptors (Lipinski definition) is 5. The van der Waals surface area contributed by atoms with E-state index >= 15 is 0 Å². The zero-order valence-corrected chi connectivity index (χ0v) is 18.0. The van der Waals surface area contributed by atoms with Gasteiger partial charge < -0.3 is 0 Å². The van der Waals surface area contributed by atoms with Gasteiger partial charge in [-0.25, -0.2) is 8.42 Å². The average molecular weight is 452 g/mol. The van der Waals surface area contributed by atoms with E-state index in [0.29, 0.717) is 0 Å². The van der Waals surface area contributed by atoms with Crippen molar-refractivity contribution in [3.8, 4) is 0 Å². The van der Waals surface area contributed by atoms with Crippen LogP contribution in [0.1, 0.15) is 21.5 Å². The SMILES string of the molecule is Cc1ccc(S(=O)(=O)C2=CC(=NS(=O)(=O)c3ccccc3)c3ccccc3C2=O)cc1. The summed E-state index contributed by atoms with van der Waals surface area (Å²) in [5, 5.41) is 0. The fraction of sp³-hybridized carbons (Fsp3) is 0.0435. The fourth-order valence-electron chi connectivity index (χ4n) is 3.20. The van der Waals surface area contributed by atoms with Gasteiger partial charge in [-0.1, -0.05) is 60.2 Å². The molecular weight excluding hydrogens is 434 g/mol. The van der Waals surface area contributed by atoms with Crippen molar-refractivity contribution < 1.29 is 21.6 Å². The second kappa shape index (κ2) is 7.72. The van der Waals surface area contributed by atoms with E-state index in [1.54, 1.807) is 48.5 Å². The molecule has 0 aliphatic heterocycles. The van der Waals surface area contributed by atoms with Gasteiger partial charge in [0.15, 0.2) is 0 Å². The van der Waals surface area contributed by atoms with Crippen molar-refractivity contribution in [1.82, 2.24) is 0 Å². The van der Waals surface area contributed by atoms with Gasteiger partial charge in [0.05, 0.1) is 15.5 Å². The fourth-order valence-corrected chi connectivity index (χ4v) is 5.58. The molecule has 0 spiro atoms. The molecular formula is C23H17NO5S2. The van der Waals surface area contributed by atoms with E-state index in [4.69, 9.17) is 0 Å². The lowest BCUT2D eigenvalue weighted by Gasteiger charge is -2.17. The highest BCUT2D eigenvalue weighted by atomic mass is 32.2. The first-order valence-corrected chi connectivity index (χ1v) is 12.2. The number of allylic oxidation sites excluding steroid dienone is 2. The Hall–Kier alpha value is -3.36. The van der Waals surface area contributed by atoms with Gasteiger partial charge in [-0.3, -0.25) is 4.79 Å². The Balaban J connectivity index is 1.93. The molecule has 0 fully saturated rings. The van der Waals surface area contributed by atoms with E-state index in [-0.39, 0.29) is 26.6 Å². The number of carbonyl (C=O) groups is 1. The topological polar surface area (TPSA) is 97.7 Å². The van der Waals surface area contributed by atoms with Crippen LogP contribution in [0.2, 0.25) is 0 Å². The summed E-state index contributed by atoms with van der Waals surface area (Å²) in [4.78, 5) is 12.4. The molecule has 0 atom stereocenters. The monoisotopic (exact) mass is 451 g/mol. The summed E-state index contributed by atoms with van der Waals surface area (Å²) in [6.45, 7) is 1.82. The number of aryl methyl sites for hydroxylation is 1. The van der Waals surface area contributed by atoms with Crippen LogP contribution < -0.4 is 0 Å². The van der Waals surface area contributed by atoms with Crippen molar-refractivity contribution in [3.63, 3.8) is 0 Å². The van der Waals surface area contributed by atoms with Crippen LogP contribution in [0.25, 0.3) is 0 Å². The van der Waals surface area contributed by atoms with E-state index in [1.807, 2.05) is 6.92 Å². The Bertz CT molecular complexity index is 1450. The first-order valence-electron chi connectivity index (χ1n) is 9.28. The second-order valence-electron chi connectivity index (χ2n) is 6.96. The molecule has 156 valence electrons. The Morgan fingerprint density at radius 1 is 0.677 bits per heavy atom. The molecule has 4 rings (SSSR count). The predicted octanol–water partition coefficient (Wildman–Crippen LogP) is 3.73. The van der Waals surface area contributed by atoms with Gasteiger partial charge in [-0.2, -0.15) is 12.8 Å². The van der Waals surface area contributed by atoms with E-state index in [0.717, 1.165) is 11.6 Å². The summed E-state index contributed by atoms with van der Waals surface area (Å²) in [6, 6.07) is 19.9. The van der Waals surface area contributed by atoms with Crippen molar-refractivity contribution in [1.29, 1.82) is 0 Å². The van der Waals surface area contributed by atoms with Crippen LogP contribution in [0.4, 0.5) is 0 Å². The molecule has 0 saturated carbocycles. The minimum Gasteiger partial charge on any atom is -0.288 e. The smallest absolute Gasteiger partial charge is 0.282 e. The van der Waals surface area contributed by atoms with E-state index in [2.05, 4.69) is 4.40 Å². The molecule has 3 aromatic rings. The predicted molar refractivity (Wildman–Crippen MR) is 117 cm³/mol. The highest BCUT2D eigenvalue weighted by Crippen LogP contribution is 2.30. The Labute approximate surface area is 180 Å². The molecule has 1 aliphatic rings. The maximum atomic E-state index is 13.2. The van der Waals surface area contributed by atoms with Gasteiger partial charge in [0.25, 0.3) is 10.0 Å². The van der Waals surface area contributed by atoms with Gasteiger partial charge in [-0.15, -0.1) is 0 Å². The van der Waals surface area contributed by atoms with Crippen LogP contribution in [0.5, 0.6) is 0 Å². The molecule has 0 unspecified atom stereocenters. The normalized spacial score (nSPS) is 15.5. The van der Waals surface area contributed by atoms with E-state index in [9.17, 15) is 21.6 Å². The number of fused-ring (bicyclic) bond motifs is 1. The number of carbonyl (C=O) groups excluding carboxylic acids is 1. The van der Waals surface area contributed by atoms with Crippen molar-refractivity contribution in [2.75, 3.05) is 0 Å². The van der Waals surface area contributed by atoms with Crippen LogP contribution in [0.3, 0.4) is 0 Å². The zero-order valence-electron chi connectivity index (χ0n) is 16.4. The number of rotatable bonds is 4. The van der Waals surface area contributed by atoms with Gasteiger partial charge >= 0.3 is 0 Å². The van der Waals surface area contributed by atoms with Gasteiger partial charge in [-0.05, 0) is 37.3 Å².